The van der Waals surface area contributed by atoms with Gasteiger partial charge >= 0.3 is 6.61 Å². The van der Waals surface area contributed by atoms with Crippen LogP contribution in [-0.4, -0.2) is 27.2 Å². The zero-order valence-corrected chi connectivity index (χ0v) is 13.1. The van der Waals surface area contributed by atoms with Gasteiger partial charge in [-0.1, -0.05) is 6.07 Å². The van der Waals surface area contributed by atoms with Gasteiger partial charge in [-0.25, -0.2) is 12.8 Å². The second-order valence-electron chi connectivity index (χ2n) is 4.77. The molecular weight excluding hydrogens is 347 g/mol. The second-order valence-corrected chi connectivity index (χ2v) is 6.79. The summed E-state index contributed by atoms with van der Waals surface area (Å²) < 4.78 is 65.2. The third-order valence-electron chi connectivity index (χ3n) is 2.94. The van der Waals surface area contributed by atoms with E-state index in [0.29, 0.717) is 0 Å². The van der Waals surface area contributed by atoms with Crippen LogP contribution in [0.4, 0.5) is 18.9 Å². The average molecular weight is 359 g/mol. The maximum atomic E-state index is 13.8. The Morgan fingerprint density at radius 3 is 2.50 bits per heavy atom. The monoisotopic (exact) mass is 359 g/mol. The van der Waals surface area contributed by atoms with Gasteiger partial charge in [-0.05, 0) is 36.4 Å². The van der Waals surface area contributed by atoms with Gasteiger partial charge in [0, 0.05) is 11.8 Å². The fraction of sp³-hybridized carbons (Fsp3) is 0.133. The predicted octanol–water partition coefficient (Wildman–Crippen LogP) is 3.08. The lowest BCUT2D eigenvalue weighted by Gasteiger charge is -2.09. The molecule has 0 unspecified atom stereocenters. The van der Waals surface area contributed by atoms with Crippen molar-refractivity contribution < 1.29 is 31.1 Å². The van der Waals surface area contributed by atoms with E-state index in [0.717, 1.165) is 30.5 Å². The summed E-state index contributed by atoms with van der Waals surface area (Å²) in [4.78, 5) is 11.9. The molecule has 0 atom stereocenters. The summed E-state index contributed by atoms with van der Waals surface area (Å²) in [6.45, 7) is -3.05. The first-order valence-electron chi connectivity index (χ1n) is 6.52. The second kappa shape index (κ2) is 6.91. The molecule has 0 saturated carbocycles. The fourth-order valence-electron chi connectivity index (χ4n) is 1.84. The van der Waals surface area contributed by atoms with E-state index in [-0.39, 0.29) is 21.9 Å². The molecular formula is C15H12F3NO4S. The van der Waals surface area contributed by atoms with Crippen LogP contribution in [0.5, 0.6) is 5.75 Å². The molecule has 0 bridgehead atoms. The van der Waals surface area contributed by atoms with Gasteiger partial charge in [0.1, 0.15) is 11.6 Å². The van der Waals surface area contributed by atoms with Crippen LogP contribution in [0.3, 0.4) is 0 Å². The standard InChI is InChI=1S/C15H12F3NO4S/c1-24(21,22)11-5-6-12(16)13(8-11)19-14(20)9-3-2-4-10(7-9)23-15(17)18/h2-8,15H,1H3,(H,19,20). The summed E-state index contributed by atoms with van der Waals surface area (Å²) in [6.07, 6.45) is 0.941. The van der Waals surface area contributed by atoms with Crippen molar-refractivity contribution in [2.45, 2.75) is 11.5 Å². The average Bonchev–Trinajstić information content (AvgIpc) is 2.48. The smallest absolute Gasteiger partial charge is 0.387 e. The van der Waals surface area contributed by atoms with Crippen molar-refractivity contribution in [1.29, 1.82) is 0 Å². The van der Waals surface area contributed by atoms with Crippen LogP contribution < -0.4 is 10.1 Å². The number of benzene rings is 2. The molecule has 2 aromatic carbocycles. The van der Waals surface area contributed by atoms with E-state index >= 15 is 0 Å². The van der Waals surface area contributed by atoms with E-state index in [4.69, 9.17) is 0 Å². The summed E-state index contributed by atoms with van der Waals surface area (Å²) in [5, 5.41) is 2.20. The largest absolute Gasteiger partial charge is 0.435 e. The number of nitrogens with one attached hydrogen (secondary N) is 1. The van der Waals surface area contributed by atoms with Crippen LogP contribution in [0.1, 0.15) is 10.4 Å². The minimum atomic E-state index is -3.58. The first-order chi connectivity index (χ1) is 11.2. The zero-order valence-electron chi connectivity index (χ0n) is 12.3. The first kappa shape index (κ1) is 17.8. The van der Waals surface area contributed by atoms with Crippen molar-refractivity contribution in [3.8, 4) is 5.75 Å². The van der Waals surface area contributed by atoms with Gasteiger partial charge in [0.25, 0.3) is 5.91 Å². The molecule has 0 fully saturated rings. The number of rotatable bonds is 5. The SMILES string of the molecule is CS(=O)(=O)c1ccc(F)c(NC(=O)c2cccc(OC(F)F)c2)c1. The Labute approximate surface area is 136 Å². The lowest BCUT2D eigenvalue weighted by atomic mass is 10.2. The Morgan fingerprint density at radius 1 is 1.17 bits per heavy atom. The number of ether oxygens (including phenoxy) is 1. The van der Waals surface area contributed by atoms with Gasteiger partial charge < -0.3 is 10.1 Å². The number of alkyl halides is 2. The highest BCUT2D eigenvalue weighted by molar-refractivity contribution is 7.90. The summed E-state index contributed by atoms with van der Waals surface area (Å²) in [6, 6.07) is 7.86. The maximum Gasteiger partial charge on any atom is 0.387 e. The van der Waals surface area contributed by atoms with Crippen molar-refractivity contribution >= 4 is 21.4 Å². The number of carbonyl (C=O) groups is 1. The molecule has 0 aliphatic carbocycles. The van der Waals surface area contributed by atoms with Gasteiger partial charge in [0.2, 0.25) is 0 Å². The first-order valence-corrected chi connectivity index (χ1v) is 8.42. The molecule has 0 radical (unpaired) electrons. The summed E-state index contributed by atoms with van der Waals surface area (Å²) >= 11 is 0. The lowest BCUT2D eigenvalue weighted by molar-refractivity contribution is -0.0498. The molecule has 24 heavy (non-hydrogen) atoms. The molecule has 2 rings (SSSR count). The van der Waals surface area contributed by atoms with E-state index in [9.17, 15) is 26.4 Å². The summed E-state index contributed by atoms with van der Waals surface area (Å²) in [5.74, 6) is -1.88. The van der Waals surface area contributed by atoms with E-state index in [2.05, 4.69) is 10.1 Å². The van der Waals surface area contributed by atoms with E-state index in [1.807, 2.05) is 0 Å². The van der Waals surface area contributed by atoms with Crippen LogP contribution >= 0.6 is 0 Å². The van der Waals surface area contributed by atoms with Crippen LogP contribution in [-0.2, 0) is 9.84 Å². The van der Waals surface area contributed by atoms with Crippen molar-refractivity contribution in [2.24, 2.45) is 0 Å². The van der Waals surface area contributed by atoms with Gasteiger partial charge in [0.05, 0.1) is 10.6 Å². The minimum absolute atomic E-state index is 0.0580. The molecule has 0 saturated heterocycles. The summed E-state index contributed by atoms with van der Waals surface area (Å²) in [7, 11) is -3.58. The Morgan fingerprint density at radius 2 is 1.88 bits per heavy atom. The number of carbonyl (C=O) groups excluding carboxylic acids is 1. The Bertz CT molecular complexity index is 869. The highest BCUT2D eigenvalue weighted by Crippen LogP contribution is 2.21. The normalized spacial score (nSPS) is 11.4. The Hall–Kier alpha value is -2.55. The molecule has 1 N–H and O–H groups in total. The van der Waals surface area contributed by atoms with Crippen LogP contribution in [0.2, 0.25) is 0 Å². The summed E-state index contributed by atoms with van der Waals surface area (Å²) in [5.41, 5.74) is -0.402. The molecule has 5 nitrogen and oxygen atoms in total. The van der Waals surface area contributed by atoms with Crippen LogP contribution in [0, 0.1) is 5.82 Å². The van der Waals surface area contributed by atoms with Crippen molar-refractivity contribution in [2.75, 3.05) is 11.6 Å². The molecule has 128 valence electrons. The molecule has 0 aromatic heterocycles. The quantitative estimate of drug-likeness (QED) is 0.833. The van der Waals surface area contributed by atoms with Crippen molar-refractivity contribution in [3.63, 3.8) is 0 Å². The van der Waals surface area contributed by atoms with Crippen LogP contribution in [0.15, 0.2) is 47.4 Å². The number of halogens is 3. The third kappa shape index (κ3) is 4.48. The number of anilines is 1. The van der Waals surface area contributed by atoms with E-state index in [1.54, 1.807) is 0 Å². The molecule has 0 aliphatic heterocycles. The molecule has 0 spiro atoms. The zero-order chi connectivity index (χ0) is 17.9. The topological polar surface area (TPSA) is 72.5 Å². The van der Waals surface area contributed by atoms with Crippen LogP contribution in [0.25, 0.3) is 0 Å². The number of hydrogen-bond acceptors (Lipinski definition) is 4. The van der Waals surface area contributed by atoms with Crippen molar-refractivity contribution in [1.82, 2.24) is 0 Å². The van der Waals surface area contributed by atoms with Gasteiger partial charge in [-0.15, -0.1) is 0 Å². The lowest BCUT2D eigenvalue weighted by Crippen LogP contribution is -2.14. The molecule has 9 heteroatoms. The molecule has 2 aromatic rings. The highest BCUT2D eigenvalue weighted by Gasteiger charge is 2.15. The number of sulfone groups is 1. The molecule has 1 amide bonds. The molecule has 0 aliphatic rings. The fourth-order valence-corrected chi connectivity index (χ4v) is 2.49. The Kier molecular flexibility index (Phi) is 5.13. The minimum Gasteiger partial charge on any atom is -0.435 e. The highest BCUT2D eigenvalue weighted by atomic mass is 32.2. The van der Waals surface area contributed by atoms with Gasteiger partial charge in [0.15, 0.2) is 9.84 Å². The van der Waals surface area contributed by atoms with Gasteiger partial charge in [-0.3, -0.25) is 4.79 Å². The maximum absolute atomic E-state index is 13.8. The molecule has 0 heterocycles. The van der Waals surface area contributed by atoms with Crippen molar-refractivity contribution in [3.05, 3.63) is 53.8 Å². The predicted molar refractivity (Wildman–Crippen MR) is 80.5 cm³/mol. The Balaban J connectivity index is 2.27. The van der Waals surface area contributed by atoms with Gasteiger partial charge in [-0.2, -0.15) is 8.78 Å². The number of hydrogen-bond donors (Lipinski definition) is 1. The third-order valence-corrected chi connectivity index (χ3v) is 4.05. The van der Waals surface area contributed by atoms with E-state index in [1.165, 1.54) is 18.2 Å². The van der Waals surface area contributed by atoms with E-state index < -0.39 is 28.2 Å². The number of amides is 1.